The first-order valence-corrected chi connectivity index (χ1v) is 5.94. The lowest BCUT2D eigenvalue weighted by Gasteiger charge is -2.40. The average Bonchev–Trinajstić information content (AvgIpc) is 2.27. The Morgan fingerprint density at radius 2 is 1.78 bits per heavy atom. The molecule has 10 heteroatoms. The molecule has 0 saturated carbocycles. The Bertz CT molecular complexity index is 312. The van der Waals surface area contributed by atoms with Crippen molar-refractivity contribution in [1.29, 1.82) is 5.41 Å². The third-order valence-electron chi connectivity index (χ3n) is 2.35. The first kappa shape index (κ1) is 16.2. The molecule has 0 aliphatic carbocycles. The van der Waals surface area contributed by atoms with E-state index in [1.165, 1.54) is 0 Å². The van der Waals surface area contributed by atoms with E-state index in [1.54, 1.807) is 0 Å². The number of ether oxygens (including phenoxy) is 2. The normalized spacial score (nSPS) is 37.4. The number of hydrogen-bond donors (Lipinski definition) is 5. The molecule has 1 saturated heterocycles. The van der Waals surface area contributed by atoms with Crippen LogP contribution in [0.2, 0.25) is 0 Å². The van der Waals surface area contributed by atoms with E-state index >= 15 is 0 Å². The van der Waals surface area contributed by atoms with Gasteiger partial charge in [-0.1, -0.05) is 34.8 Å². The van der Waals surface area contributed by atoms with Crippen molar-refractivity contribution >= 4 is 40.7 Å². The molecule has 0 unspecified atom stereocenters. The summed E-state index contributed by atoms with van der Waals surface area (Å²) < 4.78 is 7.38. The van der Waals surface area contributed by atoms with E-state index < -0.39 is 47.0 Å². The lowest BCUT2D eigenvalue weighted by atomic mass is 9.99. The summed E-state index contributed by atoms with van der Waals surface area (Å²) in [5.74, 6) is -0.839. The van der Waals surface area contributed by atoms with Gasteiger partial charge in [-0.05, 0) is 0 Å². The van der Waals surface area contributed by atoms with Gasteiger partial charge in [0.15, 0.2) is 12.4 Å². The van der Waals surface area contributed by atoms with Gasteiger partial charge >= 0.3 is 0 Å². The number of aliphatic hydroxyl groups is 4. The second-order valence-electron chi connectivity index (χ2n) is 3.64. The highest BCUT2D eigenvalue weighted by Crippen LogP contribution is 2.30. The molecule has 0 aromatic rings. The van der Waals surface area contributed by atoms with Crippen LogP contribution in [0.4, 0.5) is 0 Å². The predicted octanol–water partition coefficient (Wildman–Crippen LogP) is -0.850. The maximum Gasteiger partial charge on any atom is 0.265 e. The average molecular weight is 325 g/mol. The quantitative estimate of drug-likeness (QED) is 0.256. The second kappa shape index (κ2) is 6.06. The predicted molar refractivity (Wildman–Crippen MR) is 62.9 cm³/mol. The Morgan fingerprint density at radius 3 is 2.22 bits per heavy atom. The van der Waals surface area contributed by atoms with Crippen molar-refractivity contribution < 1.29 is 29.9 Å². The minimum atomic E-state index is -2.17. The Balaban J connectivity index is 2.74. The van der Waals surface area contributed by atoms with Gasteiger partial charge in [-0.15, -0.1) is 0 Å². The standard InChI is InChI=1S/C8H12Cl3NO6/c9-8(10,11)7(12)18-5-4(15)3(14)2(1-13)17-6(5)16/h2-6,12-16H,1H2/t2-,3-,4+,5-,6+/m1/s1. The number of nitrogens with one attached hydrogen (secondary N) is 1. The van der Waals surface area contributed by atoms with Crippen molar-refractivity contribution in [2.45, 2.75) is 34.5 Å². The molecular weight excluding hydrogens is 312 g/mol. The molecule has 7 nitrogen and oxygen atoms in total. The van der Waals surface area contributed by atoms with Gasteiger partial charge in [0.25, 0.3) is 3.79 Å². The summed E-state index contributed by atoms with van der Waals surface area (Å²) >= 11 is 16.1. The lowest BCUT2D eigenvalue weighted by Crippen LogP contribution is -2.60. The molecule has 0 amide bonds. The topological polar surface area (TPSA) is 123 Å². The van der Waals surface area contributed by atoms with Crippen LogP contribution in [0, 0.1) is 5.41 Å². The van der Waals surface area contributed by atoms with Crippen molar-refractivity contribution in [3.63, 3.8) is 0 Å². The van der Waals surface area contributed by atoms with Gasteiger partial charge in [0, 0.05) is 0 Å². The van der Waals surface area contributed by atoms with E-state index in [0.29, 0.717) is 0 Å². The molecule has 0 radical (unpaired) electrons. The van der Waals surface area contributed by atoms with Crippen molar-refractivity contribution in [1.82, 2.24) is 0 Å². The third-order valence-corrected chi connectivity index (χ3v) is 2.87. The van der Waals surface area contributed by atoms with Crippen molar-refractivity contribution in [2.75, 3.05) is 6.61 Å². The molecule has 1 aliphatic heterocycles. The van der Waals surface area contributed by atoms with E-state index in [9.17, 15) is 15.3 Å². The molecule has 0 aromatic heterocycles. The minimum Gasteiger partial charge on any atom is -0.466 e. The van der Waals surface area contributed by atoms with Crippen LogP contribution in [0.5, 0.6) is 0 Å². The zero-order valence-corrected chi connectivity index (χ0v) is 11.1. The molecule has 1 aliphatic rings. The second-order valence-corrected chi connectivity index (χ2v) is 5.92. The third kappa shape index (κ3) is 3.58. The highest BCUT2D eigenvalue weighted by Gasteiger charge is 2.47. The van der Waals surface area contributed by atoms with Gasteiger partial charge in [0.2, 0.25) is 5.90 Å². The zero-order valence-electron chi connectivity index (χ0n) is 8.83. The summed E-state index contributed by atoms with van der Waals surface area (Å²) in [6, 6.07) is 0. The van der Waals surface area contributed by atoms with Gasteiger partial charge in [-0.25, -0.2) is 0 Å². The first-order valence-electron chi connectivity index (χ1n) is 4.81. The summed E-state index contributed by atoms with van der Waals surface area (Å²) in [6.07, 6.45) is -7.49. The largest absolute Gasteiger partial charge is 0.466 e. The molecule has 1 heterocycles. The molecule has 0 aromatic carbocycles. The van der Waals surface area contributed by atoms with Crippen LogP contribution in [0.3, 0.4) is 0 Å². The monoisotopic (exact) mass is 323 g/mol. The Kier molecular flexibility index (Phi) is 5.45. The summed E-state index contributed by atoms with van der Waals surface area (Å²) in [5.41, 5.74) is 0. The molecule has 1 fully saturated rings. The van der Waals surface area contributed by atoms with Crippen LogP contribution < -0.4 is 0 Å². The van der Waals surface area contributed by atoms with E-state index in [1.807, 2.05) is 0 Å². The molecule has 5 atom stereocenters. The molecular formula is C8H12Cl3NO6. The number of rotatable bonds is 2. The van der Waals surface area contributed by atoms with Crippen LogP contribution >= 0.6 is 34.8 Å². The van der Waals surface area contributed by atoms with Crippen LogP contribution in [-0.4, -0.2) is 67.4 Å². The number of alkyl halides is 3. The van der Waals surface area contributed by atoms with Crippen molar-refractivity contribution in [2.24, 2.45) is 0 Å². The maximum atomic E-state index is 9.67. The number of hydrogen-bond acceptors (Lipinski definition) is 7. The van der Waals surface area contributed by atoms with Gasteiger partial charge < -0.3 is 29.9 Å². The highest BCUT2D eigenvalue weighted by atomic mass is 35.6. The molecule has 0 spiro atoms. The molecule has 0 bridgehead atoms. The number of halogens is 3. The fourth-order valence-electron chi connectivity index (χ4n) is 1.40. The Hall–Kier alpha value is 0.140. The first-order chi connectivity index (χ1) is 8.18. The van der Waals surface area contributed by atoms with Crippen LogP contribution in [-0.2, 0) is 9.47 Å². The van der Waals surface area contributed by atoms with Gasteiger partial charge in [-0.3, -0.25) is 5.41 Å². The summed E-state index contributed by atoms with van der Waals surface area (Å²) in [7, 11) is 0. The minimum absolute atomic E-state index is 0.607. The SMILES string of the molecule is N=C(O[C@@H]1[C@@H](O)[C@H](O)[C@@H](CO)O[C@@H]1O)C(Cl)(Cl)Cl. The van der Waals surface area contributed by atoms with Crippen molar-refractivity contribution in [3.05, 3.63) is 0 Å². The van der Waals surface area contributed by atoms with Gasteiger partial charge in [0.1, 0.15) is 18.3 Å². The molecule has 18 heavy (non-hydrogen) atoms. The lowest BCUT2D eigenvalue weighted by molar-refractivity contribution is -0.283. The van der Waals surface area contributed by atoms with Gasteiger partial charge in [-0.2, -0.15) is 0 Å². The van der Waals surface area contributed by atoms with E-state index in [2.05, 4.69) is 0 Å². The van der Waals surface area contributed by atoms with Crippen LogP contribution in [0.1, 0.15) is 0 Å². The fourth-order valence-corrected chi connectivity index (χ4v) is 1.54. The molecule has 106 valence electrons. The number of aliphatic hydroxyl groups excluding tert-OH is 4. The Labute approximate surface area is 117 Å². The van der Waals surface area contributed by atoms with Crippen LogP contribution in [0.25, 0.3) is 0 Å². The zero-order chi connectivity index (χ0) is 14.1. The molecule has 1 rings (SSSR count). The van der Waals surface area contributed by atoms with E-state index in [-0.39, 0.29) is 0 Å². The Morgan fingerprint density at radius 1 is 1.22 bits per heavy atom. The van der Waals surface area contributed by atoms with Crippen molar-refractivity contribution in [3.8, 4) is 0 Å². The van der Waals surface area contributed by atoms with E-state index in [4.69, 9.17) is 54.8 Å². The summed E-state index contributed by atoms with van der Waals surface area (Å²) in [6.45, 7) is -0.607. The summed E-state index contributed by atoms with van der Waals surface area (Å²) in [5, 5.41) is 44.9. The fraction of sp³-hybridized carbons (Fsp3) is 0.875. The van der Waals surface area contributed by atoms with E-state index in [0.717, 1.165) is 0 Å². The van der Waals surface area contributed by atoms with Gasteiger partial charge in [0.05, 0.1) is 6.61 Å². The highest BCUT2D eigenvalue weighted by molar-refractivity contribution is 6.76. The molecule has 5 N–H and O–H groups in total. The summed E-state index contributed by atoms with van der Waals surface area (Å²) in [4.78, 5) is 0. The maximum absolute atomic E-state index is 9.67. The van der Waals surface area contributed by atoms with Crippen LogP contribution in [0.15, 0.2) is 0 Å². The smallest absolute Gasteiger partial charge is 0.265 e.